The van der Waals surface area contributed by atoms with Gasteiger partial charge in [-0.15, -0.1) is 0 Å². The number of halogens is 4. The van der Waals surface area contributed by atoms with Gasteiger partial charge < -0.3 is 5.32 Å². The van der Waals surface area contributed by atoms with Gasteiger partial charge >= 0.3 is 6.18 Å². The first kappa shape index (κ1) is 16.5. The van der Waals surface area contributed by atoms with E-state index in [9.17, 15) is 18.0 Å². The molecule has 2 aromatic rings. The van der Waals surface area contributed by atoms with Crippen molar-refractivity contribution in [3.8, 4) is 0 Å². The van der Waals surface area contributed by atoms with Gasteiger partial charge in [-0.25, -0.2) is 0 Å². The Morgan fingerprint density at radius 2 is 1.73 bits per heavy atom. The minimum absolute atomic E-state index is 0.0662. The van der Waals surface area contributed by atoms with Crippen LogP contribution in [0.2, 0.25) is 0 Å². The molecule has 0 radical (unpaired) electrons. The first-order valence-electron chi connectivity index (χ1n) is 6.52. The van der Waals surface area contributed by atoms with Crippen LogP contribution in [-0.4, -0.2) is 5.91 Å². The molecule has 1 amide bonds. The molecule has 6 heteroatoms. The lowest BCUT2D eigenvalue weighted by molar-refractivity contribution is -0.137. The molecule has 0 unspecified atom stereocenters. The fourth-order valence-electron chi connectivity index (χ4n) is 1.95. The summed E-state index contributed by atoms with van der Waals surface area (Å²) in [5.74, 6) is -0.240. The second-order valence-electron chi connectivity index (χ2n) is 4.78. The Balaban J connectivity index is 1.94. The molecule has 0 spiro atoms. The van der Waals surface area contributed by atoms with Crippen LogP contribution in [0.15, 0.2) is 53.0 Å². The first-order valence-corrected chi connectivity index (χ1v) is 7.31. The van der Waals surface area contributed by atoms with E-state index in [1.807, 2.05) is 24.3 Å². The van der Waals surface area contributed by atoms with Crippen molar-refractivity contribution in [1.29, 1.82) is 0 Å². The highest BCUT2D eigenvalue weighted by Crippen LogP contribution is 2.29. The van der Waals surface area contributed by atoms with Crippen molar-refractivity contribution < 1.29 is 18.0 Å². The van der Waals surface area contributed by atoms with Crippen LogP contribution in [0, 0.1) is 0 Å². The molecule has 0 aromatic heterocycles. The quantitative estimate of drug-likeness (QED) is 0.851. The van der Waals surface area contributed by atoms with Crippen LogP contribution in [0.4, 0.5) is 13.2 Å². The SMILES string of the molecule is O=C(Cc1cccc(Br)c1)NCc1cccc(C(F)(F)F)c1. The maximum atomic E-state index is 12.6. The van der Waals surface area contributed by atoms with Crippen molar-refractivity contribution in [3.05, 3.63) is 69.7 Å². The van der Waals surface area contributed by atoms with E-state index < -0.39 is 11.7 Å². The Bertz CT molecular complexity index is 670. The summed E-state index contributed by atoms with van der Waals surface area (Å²) in [5, 5.41) is 2.62. The molecule has 0 aliphatic heterocycles. The van der Waals surface area contributed by atoms with E-state index in [0.717, 1.165) is 22.2 Å². The summed E-state index contributed by atoms with van der Waals surface area (Å²) in [4.78, 5) is 11.8. The van der Waals surface area contributed by atoms with Gasteiger partial charge in [-0.2, -0.15) is 13.2 Å². The molecule has 0 aliphatic carbocycles. The van der Waals surface area contributed by atoms with Crippen molar-refractivity contribution in [3.63, 3.8) is 0 Å². The van der Waals surface area contributed by atoms with Gasteiger partial charge in [0.15, 0.2) is 0 Å². The van der Waals surface area contributed by atoms with Crippen LogP contribution in [0.1, 0.15) is 16.7 Å². The van der Waals surface area contributed by atoms with E-state index in [1.54, 1.807) is 6.07 Å². The number of alkyl halides is 3. The molecule has 0 bridgehead atoms. The van der Waals surface area contributed by atoms with E-state index in [0.29, 0.717) is 5.56 Å². The van der Waals surface area contributed by atoms with Gasteiger partial charge in [-0.05, 0) is 35.4 Å². The summed E-state index contributed by atoms with van der Waals surface area (Å²) in [5.41, 5.74) is 0.527. The lowest BCUT2D eigenvalue weighted by atomic mass is 10.1. The molecular weight excluding hydrogens is 359 g/mol. The summed E-state index contributed by atoms with van der Waals surface area (Å²) in [6, 6.07) is 12.2. The third kappa shape index (κ3) is 4.87. The standard InChI is InChI=1S/C16H13BrF3NO/c17-14-6-2-3-11(8-14)9-15(22)21-10-12-4-1-5-13(7-12)16(18,19)20/h1-8H,9-10H2,(H,21,22). The van der Waals surface area contributed by atoms with Crippen molar-refractivity contribution >= 4 is 21.8 Å². The van der Waals surface area contributed by atoms with Crippen LogP contribution >= 0.6 is 15.9 Å². The zero-order chi connectivity index (χ0) is 16.2. The zero-order valence-corrected chi connectivity index (χ0v) is 13.0. The Hall–Kier alpha value is -1.82. The molecule has 0 saturated carbocycles. The van der Waals surface area contributed by atoms with Crippen LogP contribution in [0.3, 0.4) is 0 Å². The third-order valence-electron chi connectivity index (χ3n) is 3.00. The monoisotopic (exact) mass is 371 g/mol. The predicted molar refractivity (Wildman–Crippen MR) is 81.1 cm³/mol. The van der Waals surface area contributed by atoms with Gasteiger partial charge in [0.2, 0.25) is 5.91 Å². The van der Waals surface area contributed by atoms with E-state index in [2.05, 4.69) is 21.2 Å². The van der Waals surface area contributed by atoms with Crippen molar-refractivity contribution in [1.82, 2.24) is 5.32 Å². The molecule has 2 aromatic carbocycles. The molecule has 2 rings (SSSR count). The highest BCUT2D eigenvalue weighted by atomic mass is 79.9. The summed E-state index contributed by atoms with van der Waals surface area (Å²) in [6.07, 6.45) is -4.20. The molecule has 0 saturated heterocycles. The Kier molecular flexibility index (Phi) is 5.24. The minimum atomic E-state index is -4.38. The molecular formula is C16H13BrF3NO. The molecule has 22 heavy (non-hydrogen) atoms. The highest BCUT2D eigenvalue weighted by molar-refractivity contribution is 9.10. The second kappa shape index (κ2) is 6.96. The number of carbonyl (C=O) groups is 1. The van der Waals surface area contributed by atoms with E-state index in [1.165, 1.54) is 6.07 Å². The summed E-state index contributed by atoms with van der Waals surface area (Å²) < 4.78 is 38.7. The lowest BCUT2D eigenvalue weighted by Crippen LogP contribution is -2.24. The van der Waals surface area contributed by atoms with Gasteiger partial charge in [0.25, 0.3) is 0 Å². The van der Waals surface area contributed by atoms with E-state index in [-0.39, 0.29) is 18.9 Å². The van der Waals surface area contributed by atoms with Crippen molar-refractivity contribution in [2.45, 2.75) is 19.1 Å². The van der Waals surface area contributed by atoms with Gasteiger partial charge in [0.1, 0.15) is 0 Å². The average Bonchev–Trinajstić information content (AvgIpc) is 2.45. The Morgan fingerprint density at radius 3 is 2.41 bits per heavy atom. The number of hydrogen-bond donors (Lipinski definition) is 1. The van der Waals surface area contributed by atoms with Gasteiger partial charge in [0, 0.05) is 11.0 Å². The van der Waals surface area contributed by atoms with E-state index >= 15 is 0 Å². The maximum absolute atomic E-state index is 12.6. The molecule has 0 atom stereocenters. The van der Waals surface area contributed by atoms with Gasteiger partial charge in [0.05, 0.1) is 12.0 Å². The summed E-state index contributed by atoms with van der Waals surface area (Å²) in [7, 11) is 0. The topological polar surface area (TPSA) is 29.1 Å². The maximum Gasteiger partial charge on any atom is 0.416 e. The highest BCUT2D eigenvalue weighted by Gasteiger charge is 2.30. The normalized spacial score (nSPS) is 11.3. The van der Waals surface area contributed by atoms with Crippen LogP contribution in [-0.2, 0) is 23.9 Å². The summed E-state index contributed by atoms with van der Waals surface area (Å²) >= 11 is 3.32. The van der Waals surface area contributed by atoms with Gasteiger partial charge in [-0.1, -0.05) is 40.2 Å². The zero-order valence-electron chi connectivity index (χ0n) is 11.5. The first-order chi connectivity index (χ1) is 10.3. The van der Waals surface area contributed by atoms with Crippen LogP contribution < -0.4 is 5.32 Å². The molecule has 0 aliphatic rings. The summed E-state index contributed by atoms with van der Waals surface area (Å²) in [6.45, 7) is 0.0662. The third-order valence-corrected chi connectivity index (χ3v) is 3.49. The molecule has 1 N–H and O–H groups in total. The number of hydrogen-bond acceptors (Lipinski definition) is 1. The number of rotatable bonds is 4. The van der Waals surface area contributed by atoms with Crippen LogP contribution in [0.5, 0.6) is 0 Å². The van der Waals surface area contributed by atoms with Crippen LogP contribution in [0.25, 0.3) is 0 Å². The van der Waals surface area contributed by atoms with E-state index in [4.69, 9.17) is 0 Å². The number of benzene rings is 2. The Labute approximate surface area is 134 Å². The molecule has 116 valence electrons. The van der Waals surface area contributed by atoms with Crippen molar-refractivity contribution in [2.75, 3.05) is 0 Å². The minimum Gasteiger partial charge on any atom is -0.352 e. The fourth-order valence-corrected chi connectivity index (χ4v) is 2.40. The fraction of sp³-hybridized carbons (Fsp3) is 0.188. The average molecular weight is 372 g/mol. The smallest absolute Gasteiger partial charge is 0.352 e. The number of amides is 1. The number of carbonyl (C=O) groups excluding carboxylic acids is 1. The second-order valence-corrected chi connectivity index (χ2v) is 5.70. The lowest BCUT2D eigenvalue weighted by Gasteiger charge is -2.10. The molecule has 0 heterocycles. The molecule has 2 nitrogen and oxygen atoms in total. The van der Waals surface area contributed by atoms with Crippen molar-refractivity contribution in [2.24, 2.45) is 0 Å². The van der Waals surface area contributed by atoms with Gasteiger partial charge in [-0.3, -0.25) is 4.79 Å². The number of nitrogens with one attached hydrogen (secondary N) is 1. The molecule has 0 fully saturated rings. The predicted octanol–water partition coefficient (Wildman–Crippen LogP) is 4.33. The Morgan fingerprint density at radius 1 is 1.05 bits per heavy atom. The largest absolute Gasteiger partial charge is 0.416 e.